The summed E-state index contributed by atoms with van der Waals surface area (Å²) < 4.78 is 4.56. The van der Waals surface area contributed by atoms with Crippen molar-refractivity contribution < 1.29 is 14.8 Å². The highest BCUT2D eigenvalue weighted by Crippen LogP contribution is 2.04. The molecule has 0 aromatic rings. The molecule has 0 radical (unpaired) electrons. The van der Waals surface area contributed by atoms with Crippen LogP contribution in [0.15, 0.2) is 0 Å². The number of rotatable bonds is 3. The average molecular weight is 158 g/mol. The molecule has 0 bridgehead atoms. The van der Waals surface area contributed by atoms with E-state index in [1.807, 2.05) is 0 Å². The first-order chi connectivity index (χ1) is 5.33. The molecule has 3 nitrogen and oxygen atoms in total. The molecule has 1 atom stereocenters. The van der Waals surface area contributed by atoms with Crippen LogP contribution in [0, 0.1) is 0 Å². The fraction of sp³-hybridized carbons (Fsp3) is 0.875. The highest BCUT2D eigenvalue weighted by Gasteiger charge is 2.18. The summed E-state index contributed by atoms with van der Waals surface area (Å²) in [6, 6.07) is 0.675. The minimum atomic E-state index is -0.0784. The molecule has 3 heteroatoms. The number of hydrogen-bond donors (Lipinski definition) is 1. The SMILES string of the molecule is COC(=O)CC[C@@H]1CCC[NH2+]1. The number of ether oxygens (including phenoxy) is 1. The van der Waals surface area contributed by atoms with Gasteiger partial charge in [0, 0.05) is 19.3 Å². The molecule has 1 saturated heterocycles. The molecule has 0 amide bonds. The van der Waals surface area contributed by atoms with Crippen molar-refractivity contribution in [3.8, 4) is 0 Å². The first-order valence-electron chi connectivity index (χ1n) is 4.23. The number of carbonyl (C=O) groups excluding carboxylic acids is 1. The average Bonchev–Trinajstić information content (AvgIpc) is 2.52. The van der Waals surface area contributed by atoms with Crippen molar-refractivity contribution in [1.29, 1.82) is 0 Å². The van der Waals surface area contributed by atoms with Crippen LogP contribution in [0.25, 0.3) is 0 Å². The summed E-state index contributed by atoms with van der Waals surface area (Å²) in [6.45, 7) is 1.23. The van der Waals surface area contributed by atoms with Gasteiger partial charge in [0.05, 0.1) is 26.1 Å². The largest absolute Gasteiger partial charge is 0.469 e. The van der Waals surface area contributed by atoms with E-state index in [1.165, 1.54) is 26.5 Å². The highest BCUT2D eigenvalue weighted by atomic mass is 16.5. The van der Waals surface area contributed by atoms with Gasteiger partial charge < -0.3 is 10.1 Å². The number of carbonyl (C=O) groups is 1. The van der Waals surface area contributed by atoms with E-state index in [4.69, 9.17) is 0 Å². The first-order valence-corrected chi connectivity index (χ1v) is 4.23. The van der Waals surface area contributed by atoms with Gasteiger partial charge in [-0.05, 0) is 0 Å². The van der Waals surface area contributed by atoms with E-state index in [0.29, 0.717) is 12.5 Å². The van der Waals surface area contributed by atoms with Crippen molar-refractivity contribution in [2.24, 2.45) is 0 Å². The van der Waals surface area contributed by atoms with Crippen LogP contribution in [0.5, 0.6) is 0 Å². The molecular formula is C8H16NO2+. The minimum absolute atomic E-state index is 0.0784. The molecule has 1 aliphatic rings. The number of esters is 1. The highest BCUT2D eigenvalue weighted by molar-refractivity contribution is 5.69. The van der Waals surface area contributed by atoms with E-state index in [9.17, 15) is 4.79 Å². The van der Waals surface area contributed by atoms with E-state index < -0.39 is 0 Å². The van der Waals surface area contributed by atoms with Crippen molar-refractivity contribution in [3.05, 3.63) is 0 Å². The first kappa shape index (κ1) is 8.53. The summed E-state index contributed by atoms with van der Waals surface area (Å²) in [6.07, 6.45) is 4.12. The van der Waals surface area contributed by atoms with Gasteiger partial charge in [0.2, 0.25) is 0 Å². The Kier molecular flexibility index (Phi) is 3.36. The zero-order chi connectivity index (χ0) is 8.10. The molecule has 0 saturated carbocycles. The number of quaternary nitrogens is 1. The molecular weight excluding hydrogens is 142 g/mol. The quantitative estimate of drug-likeness (QED) is 0.571. The fourth-order valence-electron chi connectivity index (χ4n) is 1.52. The van der Waals surface area contributed by atoms with Gasteiger partial charge >= 0.3 is 5.97 Å². The topological polar surface area (TPSA) is 42.9 Å². The van der Waals surface area contributed by atoms with Crippen LogP contribution < -0.4 is 5.32 Å². The Morgan fingerprint density at radius 3 is 3.09 bits per heavy atom. The van der Waals surface area contributed by atoms with Gasteiger partial charge in [-0.2, -0.15) is 0 Å². The Bertz CT molecular complexity index is 130. The van der Waals surface area contributed by atoms with Crippen LogP contribution in [-0.4, -0.2) is 25.7 Å². The molecule has 0 unspecified atom stereocenters. The normalized spacial score (nSPS) is 23.5. The van der Waals surface area contributed by atoms with Gasteiger partial charge in [-0.3, -0.25) is 4.79 Å². The second-order valence-electron chi connectivity index (χ2n) is 3.04. The predicted octanol–water partition coefficient (Wildman–Crippen LogP) is -0.335. The van der Waals surface area contributed by atoms with E-state index in [1.54, 1.807) is 0 Å². The summed E-state index contributed by atoms with van der Waals surface area (Å²) in [7, 11) is 1.45. The predicted molar refractivity (Wildman–Crippen MR) is 41.1 cm³/mol. The van der Waals surface area contributed by atoms with E-state index in [-0.39, 0.29) is 5.97 Å². The molecule has 0 aliphatic carbocycles. The van der Waals surface area contributed by atoms with Gasteiger partial charge in [0.15, 0.2) is 0 Å². The maximum Gasteiger partial charge on any atom is 0.305 e. The third kappa shape index (κ3) is 2.89. The molecule has 1 aliphatic heterocycles. The smallest absolute Gasteiger partial charge is 0.305 e. The van der Waals surface area contributed by atoms with Crippen LogP contribution in [-0.2, 0) is 9.53 Å². The summed E-state index contributed by atoms with van der Waals surface area (Å²) in [5.41, 5.74) is 0. The fourth-order valence-corrected chi connectivity index (χ4v) is 1.52. The molecule has 64 valence electrons. The lowest BCUT2D eigenvalue weighted by Crippen LogP contribution is -2.86. The van der Waals surface area contributed by atoms with Gasteiger partial charge in [-0.15, -0.1) is 0 Å². The van der Waals surface area contributed by atoms with Crippen LogP contribution in [0.4, 0.5) is 0 Å². The number of methoxy groups -OCH3 is 1. The molecule has 1 rings (SSSR count). The molecule has 0 aromatic heterocycles. The van der Waals surface area contributed by atoms with Crippen LogP contribution >= 0.6 is 0 Å². The van der Waals surface area contributed by atoms with Crippen molar-refractivity contribution in [2.75, 3.05) is 13.7 Å². The Morgan fingerprint density at radius 1 is 1.73 bits per heavy atom. The zero-order valence-corrected chi connectivity index (χ0v) is 7.01. The second kappa shape index (κ2) is 4.34. The molecule has 1 fully saturated rings. The van der Waals surface area contributed by atoms with Crippen LogP contribution in [0.3, 0.4) is 0 Å². The lowest BCUT2D eigenvalue weighted by Gasteiger charge is -2.04. The molecule has 0 spiro atoms. The Balaban J connectivity index is 2.06. The maximum atomic E-state index is 10.7. The van der Waals surface area contributed by atoms with Gasteiger partial charge in [-0.25, -0.2) is 0 Å². The Labute approximate surface area is 67.1 Å². The standard InChI is InChI=1S/C8H15NO2/c1-11-8(10)5-4-7-3-2-6-9-7/h7,9H,2-6H2,1H3/p+1/t7-/m0/s1. The molecule has 11 heavy (non-hydrogen) atoms. The lowest BCUT2D eigenvalue weighted by atomic mass is 10.1. The van der Waals surface area contributed by atoms with E-state index in [0.717, 1.165) is 6.42 Å². The van der Waals surface area contributed by atoms with Crippen LogP contribution in [0.1, 0.15) is 25.7 Å². The monoisotopic (exact) mass is 158 g/mol. The van der Waals surface area contributed by atoms with E-state index in [2.05, 4.69) is 10.1 Å². The van der Waals surface area contributed by atoms with Crippen molar-refractivity contribution in [1.82, 2.24) is 0 Å². The van der Waals surface area contributed by atoms with Crippen molar-refractivity contribution in [2.45, 2.75) is 31.7 Å². The summed E-state index contributed by atoms with van der Waals surface area (Å²) >= 11 is 0. The maximum absolute atomic E-state index is 10.7. The third-order valence-corrected chi connectivity index (χ3v) is 2.23. The second-order valence-corrected chi connectivity index (χ2v) is 3.04. The number of nitrogens with two attached hydrogens (primary N) is 1. The zero-order valence-electron chi connectivity index (χ0n) is 7.01. The summed E-state index contributed by atoms with van der Waals surface area (Å²) in [4.78, 5) is 10.7. The van der Waals surface area contributed by atoms with Crippen LogP contribution in [0.2, 0.25) is 0 Å². The molecule has 0 aromatic carbocycles. The Hall–Kier alpha value is -0.570. The molecule has 2 N–H and O–H groups in total. The van der Waals surface area contributed by atoms with Crippen molar-refractivity contribution >= 4 is 5.97 Å². The third-order valence-electron chi connectivity index (χ3n) is 2.23. The van der Waals surface area contributed by atoms with Gasteiger partial charge in [-0.1, -0.05) is 0 Å². The van der Waals surface area contributed by atoms with Crippen molar-refractivity contribution in [3.63, 3.8) is 0 Å². The summed E-state index contributed by atoms with van der Waals surface area (Å²) in [5.74, 6) is -0.0784. The summed E-state index contributed by atoms with van der Waals surface area (Å²) in [5, 5.41) is 2.32. The molecule has 1 heterocycles. The number of hydrogen-bond acceptors (Lipinski definition) is 2. The van der Waals surface area contributed by atoms with Gasteiger partial charge in [0.1, 0.15) is 0 Å². The van der Waals surface area contributed by atoms with E-state index >= 15 is 0 Å². The Morgan fingerprint density at radius 2 is 2.55 bits per heavy atom. The lowest BCUT2D eigenvalue weighted by molar-refractivity contribution is -0.670. The minimum Gasteiger partial charge on any atom is -0.469 e. The van der Waals surface area contributed by atoms with Gasteiger partial charge in [0.25, 0.3) is 0 Å².